The van der Waals surface area contributed by atoms with Gasteiger partial charge in [0.2, 0.25) is 21.8 Å². The molecule has 3 fully saturated rings. The van der Waals surface area contributed by atoms with Crippen LogP contribution in [0.4, 0.5) is 18.9 Å². The van der Waals surface area contributed by atoms with E-state index in [2.05, 4.69) is 0 Å². The van der Waals surface area contributed by atoms with Crippen molar-refractivity contribution in [2.24, 2.45) is 11.8 Å². The second-order valence-electron chi connectivity index (χ2n) is 8.94. The number of amides is 2. The minimum Gasteiger partial charge on any atom is -0.274 e. The van der Waals surface area contributed by atoms with E-state index in [9.17, 15) is 31.2 Å². The number of imide groups is 1. The van der Waals surface area contributed by atoms with Crippen molar-refractivity contribution in [2.45, 2.75) is 50.4 Å². The van der Waals surface area contributed by atoms with Crippen molar-refractivity contribution in [1.82, 2.24) is 4.31 Å². The molecule has 0 N–H and O–H groups in total. The zero-order valence-electron chi connectivity index (χ0n) is 17.0. The molecule has 2 unspecified atom stereocenters. The number of nitrogens with zero attached hydrogens (tertiary/aromatic N) is 3. The molecule has 1 aromatic carbocycles. The monoisotopic (exact) mass is 455 g/mol. The number of sulfonamides is 1. The van der Waals surface area contributed by atoms with Gasteiger partial charge < -0.3 is 0 Å². The first-order chi connectivity index (χ1) is 14.2. The molecule has 2 bridgehead atoms. The molecular weight excluding hydrogens is 435 g/mol. The average molecular weight is 455 g/mol. The van der Waals surface area contributed by atoms with Crippen molar-refractivity contribution in [3.8, 4) is 6.07 Å². The van der Waals surface area contributed by atoms with Gasteiger partial charge in [-0.2, -0.15) is 22.7 Å². The fourth-order valence-electron chi connectivity index (χ4n) is 6.05. The van der Waals surface area contributed by atoms with Crippen molar-refractivity contribution in [1.29, 1.82) is 5.26 Å². The summed E-state index contributed by atoms with van der Waals surface area (Å²) in [6.45, 7) is 3.39. The van der Waals surface area contributed by atoms with E-state index >= 15 is 0 Å². The van der Waals surface area contributed by atoms with Crippen LogP contribution in [0, 0.1) is 23.2 Å². The first-order valence-electron chi connectivity index (χ1n) is 9.65. The van der Waals surface area contributed by atoms with Crippen LogP contribution >= 0.6 is 0 Å². The molecule has 0 saturated carbocycles. The summed E-state index contributed by atoms with van der Waals surface area (Å²) in [6, 6.07) is 4.15. The molecule has 11 heteroatoms. The summed E-state index contributed by atoms with van der Waals surface area (Å²) in [7, 11) is -3.71. The van der Waals surface area contributed by atoms with E-state index in [1.807, 2.05) is 0 Å². The highest BCUT2D eigenvalue weighted by Crippen LogP contribution is 2.63. The van der Waals surface area contributed by atoms with Gasteiger partial charge in [-0.05, 0) is 44.9 Å². The van der Waals surface area contributed by atoms with Crippen molar-refractivity contribution >= 4 is 27.5 Å². The number of fused-ring (bicyclic) bond motifs is 5. The maximum absolute atomic E-state index is 13.5. The highest BCUT2D eigenvalue weighted by molar-refractivity contribution is 7.88. The Balaban J connectivity index is 1.82. The van der Waals surface area contributed by atoms with Crippen LogP contribution in [0.15, 0.2) is 18.2 Å². The van der Waals surface area contributed by atoms with E-state index in [0.717, 1.165) is 18.4 Å². The topological polar surface area (TPSA) is 98.5 Å². The van der Waals surface area contributed by atoms with E-state index < -0.39 is 62.1 Å². The van der Waals surface area contributed by atoms with Crippen LogP contribution in [0.25, 0.3) is 0 Å². The summed E-state index contributed by atoms with van der Waals surface area (Å²) < 4.78 is 66.7. The molecule has 1 aromatic rings. The Kier molecular flexibility index (Phi) is 4.42. The van der Waals surface area contributed by atoms with Gasteiger partial charge in [0.1, 0.15) is 0 Å². The zero-order valence-corrected chi connectivity index (χ0v) is 17.8. The Labute approximate surface area is 177 Å². The quantitative estimate of drug-likeness (QED) is 0.639. The molecule has 4 atom stereocenters. The van der Waals surface area contributed by atoms with Crippen LogP contribution in [-0.2, 0) is 25.8 Å². The van der Waals surface area contributed by atoms with Crippen LogP contribution in [0.5, 0.6) is 0 Å². The lowest BCUT2D eigenvalue weighted by atomic mass is 9.64. The first-order valence-corrected chi connectivity index (χ1v) is 11.5. The van der Waals surface area contributed by atoms with Crippen LogP contribution in [-0.4, -0.2) is 41.9 Å². The molecule has 0 aromatic heterocycles. The fraction of sp³-hybridized carbons (Fsp3) is 0.550. The van der Waals surface area contributed by atoms with Gasteiger partial charge in [0.25, 0.3) is 0 Å². The highest BCUT2D eigenvalue weighted by atomic mass is 32.2. The van der Waals surface area contributed by atoms with E-state index in [4.69, 9.17) is 5.26 Å². The third-order valence-electron chi connectivity index (χ3n) is 7.09. The lowest BCUT2D eigenvalue weighted by Gasteiger charge is -2.43. The molecule has 2 amide bonds. The second-order valence-corrected chi connectivity index (χ2v) is 10.8. The molecule has 3 aliphatic heterocycles. The number of anilines is 1. The summed E-state index contributed by atoms with van der Waals surface area (Å²) in [5.41, 5.74) is -4.11. The number of hydrogen-bond donors (Lipinski definition) is 0. The summed E-state index contributed by atoms with van der Waals surface area (Å²) in [4.78, 5) is 27.1. The second kappa shape index (κ2) is 6.29. The smallest absolute Gasteiger partial charge is 0.274 e. The summed E-state index contributed by atoms with van der Waals surface area (Å²) in [5.74, 6) is -2.81. The SMILES string of the molecule is CC12CCC(C)([C@H]3CC(=O)N(c4ccc(C#N)c(C(F)(F)F)c4)C(=O)[C@H]31)N2S(C)(=O)=O. The van der Waals surface area contributed by atoms with Crippen molar-refractivity contribution in [3.05, 3.63) is 29.3 Å². The van der Waals surface area contributed by atoms with Gasteiger partial charge in [0.15, 0.2) is 0 Å². The van der Waals surface area contributed by atoms with E-state index in [1.165, 1.54) is 10.4 Å². The maximum atomic E-state index is 13.5. The number of nitriles is 1. The van der Waals surface area contributed by atoms with Crippen LogP contribution in [0.1, 0.15) is 44.2 Å². The Bertz CT molecular complexity index is 1160. The van der Waals surface area contributed by atoms with Crippen LogP contribution < -0.4 is 4.90 Å². The third-order valence-corrected chi connectivity index (χ3v) is 8.58. The summed E-state index contributed by atoms with van der Waals surface area (Å²) in [5, 5.41) is 8.99. The number of carbonyl (C=O) groups is 2. The van der Waals surface area contributed by atoms with Crippen molar-refractivity contribution in [2.75, 3.05) is 11.2 Å². The molecule has 0 radical (unpaired) electrons. The molecule has 0 spiro atoms. The molecule has 3 heterocycles. The minimum atomic E-state index is -4.84. The fourth-order valence-corrected chi connectivity index (χ4v) is 8.00. The minimum absolute atomic E-state index is 0.157. The number of halogens is 3. The number of alkyl halides is 3. The maximum Gasteiger partial charge on any atom is 0.417 e. The standard InChI is InChI=1S/C20H20F3N3O4S/c1-18-6-7-19(2,26(18)31(3,29)30)16-14(18)9-15(27)25(17(16)28)12-5-4-11(10-24)13(8-12)20(21,22)23/h4-5,8,14,16H,6-7,9H2,1-3H3/t14-,16-,18?,19?/m0/s1. The van der Waals surface area contributed by atoms with Gasteiger partial charge in [-0.3, -0.25) is 14.5 Å². The normalized spacial score (nSPS) is 33.5. The first kappa shape index (κ1) is 21.8. The highest BCUT2D eigenvalue weighted by Gasteiger charge is 2.73. The van der Waals surface area contributed by atoms with Gasteiger partial charge >= 0.3 is 6.18 Å². The average Bonchev–Trinajstić information content (AvgIpc) is 3.02. The molecule has 7 nitrogen and oxygen atoms in total. The van der Waals surface area contributed by atoms with Crippen molar-refractivity contribution in [3.63, 3.8) is 0 Å². The molecule has 31 heavy (non-hydrogen) atoms. The van der Waals surface area contributed by atoms with Gasteiger partial charge in [0, 0.05) is 23.4 Å². The summed E-state index contributed by atoms with van der Waals surface area (Å²) >= 11 is 0. The Morgan fingerprint density at radius 3 is 2.32 bits per heavy atom. The van der Waals surface area contributed by atoms with E-state index in [-0.39, 0.29) is 12.1 Å². The van der Waals surface area contributed by atoms with Crippen molar-refractivity contribution < 1.29 is 31.2 Å². The molecule has 0 aliphatic carbocycles. The molecule has 3 saturated heterocycles. The molecule has 3 aliphatic rings. The van der Waals surface area contributed by atoms with Gasteiger partial charge in [-0.1, -0.05) is 0 Å². The lowest BCUT2D eigenvalue weighted by molar-refractivity contribution is -0.139. The predicted octanol–water partition coefficient (Wildman–Crippen LogP) is 2.66. The van der Waals surface area contributed by atoms with Crippen LogP contribution in [0.2, 0.25) is 0 Å². The number of benzene rings is 1. The molecular formula is C20H20F3N3O4S. The number of carbonyl (C=O) groups excluding carboxylic acids is 2. The number of hydrogen-bond acceptors (Lipinski definition) is 5. The molecule has 4 rings (SSSR count). The van der Waals surface area contributed by atoms with Gasteiger partial charge in [-0.25, -0.2) is 8.42 Å². The number of rotatable bonds is 2. The predicted molar refractivity (Wildman–Crippen MR) is 103 cm³/mol. The lowest BCUT2D eigenvalue weighted by Crippen LogP contribution is -2.57. The van der Waals surface area contributed by atoms with Gasteiger partial charge in [0.05, 0.1) is 35.1 Å². The largest absolute Gasteiger partial charge is 0.417 e. The molecule has 166 valence electrons. The van der Waals surface area contributed by atoms with Crippen LogP contribution in [0.3, 0.4) is 0 Å². The van der Waals surface area contributed by atoms with Gasteiger partial charge in [-0.15, -0.1) is 0 Å². The van der Waals surface area contributed by atoms with E-state index in [0.29, 0.717) is 23.8 Å². The van der Waals surface area contributed by atoms with E-state index in [1.54, 1.807) is 13.8 Å². The number of piperidine rings is 1. The summed E-state index contributed by atoms with van der Waals surface area (Å²) in [6.07, 6.45) is -3.03. The Hall–Kier alpha value is -2.45. The Morgan fingerprint density at radius 1 is 1.16 bits per heavy atom. The zero-order chi connectivity index (χ0) is 23.1. The Morgan fingerprint density at radius 2 is 1.77 bits per heavy atom. The third kappa shape index (κ3) is 2.84.